The number of likely N-dealkylation sites (tertiary alicyclic amines) is 1. The van der Waals surface area contributed by atoms with Crippen molar-refractivity contribution >= 4 is 11.6 Å². The molecule has 2 aromatic rings. The summed E-state index contributed by atoms with van der Waals surface area (Å²) in [5, 5.41) is 3.80. The van der Waals surface area contributed by atoms with Crippen molar-refractivity contribution in [1.82, 2.24) is 20.0 Å². The van der Waals surface area contributed by atoms with E-state index in [9.17, 15) is 0 Å². The molecule has 25 heavy (non-hydrogen) atoms. The smallest absolute Gasteiger partial charge is 0.150 e. The van der Waals surface area contributed by atoms with Gasteiger partial charge in [-0.25, -0.2) is 9.97 Å². The van der Waals surface area contributed by atoms with Crippen molar-refractivity contribution < 1.29 is 4.52 Å². The van der Waals surface area contributed by atoms with Crippen molar-refractivity contribution in [3.8, 4) is 0 Å². The van der Waals surface area contributed by atoms with E-state index in [1.807, 2.05) is 25.1 Å². The van der Waals surface area contributed by atoms with Crippen molar-refractivity contribution in [2.45, 2.75) is 44.3 Å². The quantitative estimate of drug-likeness (QED) is 0.797. The summed E-state index contributed by atoms with van der Waals surface area (Å²) in [4.78, 5) is 16.0. The highest BCUT2D eigenvalue weighted by atomic mass is 16.5. The number of nitrogens with zero attached hydrogens (tertiary/aromatic N) is 6. The first-order chi connectivity index (χ1) is 12.2. The SMILES string of the molecule is CN(C)c1cc(N(C2CC2)C2CCN(Cc3ccno3)CC2)ncn1. The first-order valence-electron chi connectivity index (χ1n) is 9.10. The molecule has 0 aromatic carbocycles. The van der Waals surface area contributed by atoms with Gasteiger partial charge in [0.2, 0.25) is 0 Å². The van der Waals surface area contributed by atoms with E-state index < -0.39 is 0 Å². The minimum absolute atomic E-state index is 0.559. The van der Waals surface area contributed by atoms with E-state index in [-0.39, 0.29) is 0 Å². The number of hydrogen-bond acceptors (Lipinski definition) is 7. The van der Waals surface area contributed by atoms with Gasteiger partial charge < -0.3 is 14.3 Å². The number of aromatic nitrogens is 3. The van der Waals surface area contributed by atoms with E-state index in [4.69, 9.17) is 4.52 Å². The topological polar surface area (TPSA) is 61.5 Å². The van der Waals surface area contributed by atoms with E-state index in [1.165, 1.54) is 12.8 Å². The van der Waals surface area contributed by atoms with Crippen LogP contribution in [0, 0.1) is 0 Å². The molecule has 1 aliphatic heterocycles. The average Bonchev–Trinajstić information content (AvgIpc) is 3.32. The summed E-state index contributed by atoms with van der Waals surface area (Å²) in [6.07, 6.45) is 8.28. The zero-order valence-electron chi connectivity index (χ0n) is 15.0. The first-order valence-corrected chi connectivity index (χ1v) is 9.10. The molecule has 0 N–H and O–H groups in total. The van der Waals surface area contributed by atoms with Crippen LogP contribution in [0.2, 0.25) is 0 Å². The predicted octanol–water partition coefficient (Wildman–Crippen LogP) is 2.16. The van der Waals surface area contributed by atoms with E-state index in [0.717, 1.165) is 49.9 Å². The highest BCUT2D eigenvalue weighted by Crippen LogP contribution is 2.36. The van der Waals surface area contributed by atoms with Gasteiger partial charge in [0.1, 0.15) is 18.0 Å². The van der Waals surface area contributed by atoms with Crippen LogP contribution in [0.15, 0.2) is 29.2 Å². The molecule has 134 valence electrons. The lowest BCUT2D eigenvalue weighted by molar-refractivity contribution is 0.181. The van der Waals surface area contributed by atoms with Gasteiger partial charge >= 0.3 is 0 Å². The van der Waals surface area contributed by atoms with Crippen LogP contribution in [-0.4, -0.2) is 59.3 Å². The lowest BCUT2D eigenvalue weighted by atomic mass is 10.0. The van der Waals surface area contributed by atoms with E-state index in [2.05, 4.69) is 31.0 Å². The fourth-order valence-electron chi connectivity index (χ4n) is 3.65. The summed E-state index contributed by atoms with van der Waals surface area (Å²) in [6, 6.07) is 5.28. The maximum absolute atomic E-state index is 5.24. The monoisotopic (exact) mass is 342 g/mol. The highest BCUT2D eigenvalue weighted by molar-refractivity contribution is 5.51. The van der Waals surface area contributed by atoms with Crippen molar-refractivity contribution in [3.05, 3.63) is 30.4 Å². The maximum atomic E-state index is 5.24. The van der Waals surface area contributed by atoms with Gasteiger partial charge in [-0.15, -0.1) is 0 Å². The van der Waals surface area contributed by atoms with Crippen molar-refractivity contribution in [2.75, 3.05) is 37.0 Å². The Morgan fingerprint density at radius 2 is 1.80 bits per heavy atom. The summed E-state index contributed by atoms with van der Waals surface area (Å²) >= 11 is 0. The van der Waals surface area contributed by atoms with Gasteiger partial charge in [0.25, 0.3) is 0 Å². The van der Waals surface area contributed by atoms with Crippen molar-refractivity contribution in [1.29, 1.82) is 0 Å². The van der Waals surface area contributed by atoms with Crippen molar-refractivity contribution in [2.24, 2.45) is 0 Å². The molecule has 0 atom stereocenters. The lowest BCUT2D eigenvalue weighted by Gasteiger charge is -2.39. The van der Waals surface area contributed by atoms with Crippen LogP contribution in [0.1, 0.15) is 31.4 Å². The fraction of sp³-hybridized carbons (Fsp3) is 0.611. The molecule has 0 spiro atoms. The van der Waals surface area contributed by atoms with Gasteiger partial charge in [-0.05, 0) is 25.7 Å². The molecule has 2 fully saturated rings. The van der Waals surface area contributed by atoms with E-state index in [0.29, 0.717) is 12.1 Å². The molecule has 0 bridgehead atoms. The third-order valence-electron chi connectivity index (χ3n) is 5.12. The van der Waals surface area contributed by atoms with Crippen LogP contribution in [-0.2, 0) is 6.54 Å². The standard InChI is InChI=1S/C18H26N6O/c1-22(2)17-11-18(20-13-19-17)24(14-3-4-14)15-6-9-23(10-7-15)12-16-5-8-21-25-16/h5,8,11,13-15H,3-4,6-7,9-10,12H2,1-2H3. The van der Waals surface area contributed by atoms with Crippen LogP contribution < -0.4 is 9.80 Å². The largest absolute Gasteiger partial charge is 0.363 e. The molecule has 1 aliphatic carbocycles. The zero-order valence-corrected chi connectivity index (χ0v) is 15.0. The summed E-state index contributed by atoms with van der Waals surface area (Å²) in [5.74, 6) is 3.00. The summed E-state index contributed by atoms with van der Waals surface area (Å²) in [6.45, 7) is 3.02. The molecular weight excluding hydrogens is 316 g/mol. The molecular formula is C18H26N6O. The maximum Gasteiger partial charge on any atom is 0.150 e. The molecule has 0 unspecified atom stereocenters. The van der Waals surface area contributed by atoms with Gasteiger partial charge in [-0.1, -0.05) is 5.16 Å². The van der Waals surface area contributed by atoms with Crippen LogP contribution in [0.5, 0.6) is 0 Å². The molecule has 2 aromatic heterocycles. The van der Waals surface area contributed by atoms with Crippen LogP contribution >= 0.6 is 0 Å². The zero-order chi connectivity index (χ0) is 17.2. The minimum atomic E-state index is 0.559. The summed E-state index contributed by atoms with van der Waals surface area (Å²) in [5.41, 5.74) is 0. The minimum Gasteiger partial charge on any atom is -0.363 e. The highest BCUT2D eigenvalue weighted by Gasteiger charge is 2.36. The van der Waals surface area contributed by atoms with E-state index >= 15 is 0 Å². The number of anilines is 2. The van der Waals surface area contributed by atoms with Crippen LogP contribution in [0.25, 0.3) is 0 Å². The molecule has 0 amide bonds. The molecule has 3 heterocycles. The third-order valence-corrected chi connectivity index (χ3v) is 5.12. The van der Waals surface area contributed by atoms with Gasteiger partial charge in [-0.3, -0.25) is 4.90 Å². The van der Waals surface area contributed by atoms with Crippen molar-refractivity contribution in [3.63, 3.8) is 0 Å². The van der Waals surface area contributed by atoms with Gasteiger partial charge in [0, 0.05) is 51.4 Å². The Kier molecular flexibility index (Phi) is 4.57. The first kappa shape index (κ1) is 16.3. The normalized spacial score (nSPS) is 19.1. The number of hydrogen-bond donors (Lipinski definition) is 0. The average molecular weight is 342 g/mol. The second-order valence-corrected chi connectivity index (χ2v) is 7.25. The second kappa shape index (κ2) is 7.00. The Hall–Kier alpha value is -2.15. The van der Waals surface area contributed by atoms with Crippen LogP contribution in [0.4, 0.5) is 11.6 Å². The Labute approximate surface area is 148 Å². The predicted molar refractivity (Wildman–Crippen MR) is 96.7 cm³/mol. The van der Waals surface area contributed by atoms with E-state index in [1.54, 1.807) is 12.5 Å². The second-order valence-electron chi connectivity index (χ2n) is 7.25. The molecule has 7 heteroatoms. The molecule has 1 saturated heterocycles. The molecule has 4 rings (SSSR count). The Morgan fingerprint density at radius 1 is 1.08 bits per heavy atom. The Morgan fingerprint density at radius 3 is 2.44 bits per heavy atom. The fourth-order valence-corrected chi connectivity index (χ4v) is 3.65. The van der Waals surface area contributed by atoms with Gasteiger partial charge in [-0.2, -0.15) is 0 Å². The Balaban J connectivity index is 1.43. The third kappa shape index (κ3) is 3.76. The number of rotatable bonds is 6. The summed E-state index contributed by atoms with van der Waals surface area (Å²) < 4.78 is 5.24. The molecule has 0 radical (unpaired) electrons. The van der Waals surface area contributed by atoms with Gasteiger partial charge in [0.15, 0.2) is 5.76 Å². The lowest BCUT2D eigenvalue weighted by Crippen LogP contribution is -2.46. The Bertz CT molecular complexity index is 677. The van der Waals surface area contributed by atoms with Crippen LogP contribution in [0.3, 0.4) is 0 Å². The number of piperidine rings is 1. The molecule has 1 saturated carbocycles. The van der Waals surface area contributed by atoms with Gasteiger partial charge in [0.05, 0.1) is 12.7 Å². The summed E-state index contributed by atoms with van der Waals surface area (Å²) in [7, 11) is 4.05. The molecule has 2 aliphatic rings. The molecule has 7 nitrogen and oxygen atoms in total.